The van der Waals surface area contributed by atoms with Crippen LogP contribution in [-0.4, -0.2) is 87.8 Å². The van der Waals surface area contributed by atoms with Crippen molar-refractivity contribution in [2.75, 3.05) is 17.6 Å². The van der Waals surface area contributed by atoms with Crippen molar-refractivity contribution < 1.29 is 52.4 Å². The first-order valence-electron chi connectivity index (χ1n) is 19.3. The first kappa shape index (κ1) is 48.0. The Morgan fingerprint density at radius 1 is 0.847 bits per heavy atom. The summed E-state index contributed by atoms with van der Waals surface area (Å²) in [6.07, 6.45) is 3.97. The van der Waals surface area contributed by atoms with Gasteiger partial charge in [0.1, 0.15) is 5.82 Å². The molecule has 3 aromatic rings. The van der Waals surface area contributed by atoms with Gasteiger partial charge in [-0.2, -0.15) is 0 Å². The Labute approximate surface area is 345 Å². The third kappa shape index (κ3) is 13.6. The largest absolute Gasteiger partial charge is 0.481 e. The fourth-order valence-corrected chi connectivity index (χ4v) is 6.92. The van der Waals surface area contributed by atoms with Crippen LogP contribution in [-0.2, 0) is 29.2 Å². The summed E-state index contributed by atoms with van der Waals surface area (Å²) in [4.78, 5) is 55.7. The molecule has 1 unspecified atom stereocenters. The van der Waals surface area contributed by atoms with E-state index in [9.17, 15) is 42.2 Å². The monoisotopic (exact) mass is 835 g/mol. The van der Waals surface area contributed by atoms with Gasteiger partial charge in [-0.1, -0.05) is 69.2 Å². The number of aliphatic hydroxyl groups excluding tert-OH is 2. The molecule has 0 spiro atoms. The third-order valence-corrected chi connectivity index (χ3v) is 11.1. The smallest absolute Gasteiger partial charge is 0.305 e. The second-order valence-electron chi connectivity index (χ2n) is 14.9. The fraction of sp³-hybridized carbons (Fsp3) is 0.409. The van der Waals surface area contributed by atoms with E-state index >= 15 is 0 Å². The number of allylic oxidation sites excluding steroid dienone is 4. The molecule has 4 N–H and O–H groups in total. The Balaban J connectivity index is 0.000000324. The number of carbonyl (C=O) groups excluding carboxylic acids is 2. The molecule has 4 rings (SSSR count). The summed E-state index contributed by atoms with van der Waals surface area (Å²) in [5, 5.41) is 37.5. The molecule has 1 aromatic heterocycles. The number of hydrogen-bond acceptors (Lipinski definition) is 10. The lowest BCUT2D eigenvalue weighted by atomic mass is 9.76. The number of sulfonamides is 1. The lowest BCUT2D eigenvalue weighted by Gasteiger charge is -2.26. The van der Waals surface area contributed by atoms with Crippen LogP contribution in [0.4, 0.5) is 10.3 Å². The SMILES string of the molecule is CC(C)c1nc(N(C)S(C)(=O)=O)nc(-c2ccc(F)cc2)c1/C=C/[C@@H](O)C[C@@H](O)CC(=O)O.CC1=C(C)C(=O)C(C(CCCCCC(=O)O)c2ccccc2)=C(C)C1=O. The summed E-state index contributed by atoms with van der Waals surface area (Å²) in [5.41, 5.74) is 5.02. The number of aromatic nitrogens is 2. The first-order chi connectivity index (χ1) is 27.6. The van der Waals surface area contributed by atoms with E-state index in [0.29, 0.717) is 51.2 Å². The Bertz CT molecular complexity index is 2200. The second kappa shape index (κ2) is 21.6. The molecule has 318 valence electrons. The van der Waals surface area contributed by atoms with Crippen molar-refractivity contribution in [3.63, 3.8) is 0 Å². The number of ketones is 2. The predicted molar refractivity (Wildman–Crippen MR) is 224 cm³/mol. The van der Waals surface area contributed by atoms with Crippen molar-refractivity contribution in [2.24, 2.45) is 0 Å². The van der Waals surface area contributed by atoms with Gasteiger partial charge in [0.25, 0.3) is 0 Å². The van der Waals surface area contributed by atoms with Crippen LogP contribution in [0.3, 0.4) is 0 Å². The van der Waals surface area contributed by atoms with Crippen LogP contribution in [0.25, 0.3) is 17.3 Å². The highest BCUT2D eigenvalue weighted by atomic mass is 32.2. The summed E-state index contributed by atoms with van der Waals surface area (Å²) in [6.45, 7) is 8.87. The van der Waals surface area contributed by atoms with Crippen LogP contribution in [0.1, 0.15) is 108 Å². The fourth-order valence-electron chi connectivity index (χ4n) is 6.55. The van der Waals surface area contributed by atoms with Gasteiger partial charge < -0.3 is 20.4 Å². The molecule has 0 saturated heterocycles. The highest BCUT2D eigenvalue weighted by Gasteiger charge is 2.33. The van der Waals surface area contributed by atoms with Gasteiger partial charge in [0, 0.05) is 59.2 Å². The number of halogens is 1. The molecule has 15 heteroatoms. The second-order valence-corrected chi connectivity index (χ2v) is 16.9. The highest BCUT2D eigenvalue weighted by molar-refractivity contribution is 7.92. The number of carboxylic acid groups (broad SMARTS) is 2. The van der Waals surface area contributed by atoms with E-state index in [2.05, 4.69) is 9.97 Å². The number of benzene rings is 2. The van der Waals surface area contributed by atoms with Gasteiger partial charge in [-0.25, -0.2) is 27.1 Å². The van der Waals surface area contributed by atoms with E-state index in [1.807, 2.05) is 44.2 Å². The topological polar surface area (TPSA) is 212 Å². The van der Waals surface area contributed by atoms with Crippen LogP contribution in [0.2, 0.25) is 0 Å². The minimum Gasteiger partial charge on any atom is -0.481 e. The number of aliphatic hydroxyl groups is 2. The molecular formula is C44H54FN3O10S. The van der Waals surface area contributed by atoms with Crippen molar-refractivity contribution in [1.82, 2.24) is 9.97 Å². The lowest BCUT2D eigenvalue weighted by Crippen LogP contribution is -2.27. The molecule has 0 bridgehead atoms. The van der Waals surface area contributed by atoms with Crippen molar-refractivity contribution in [3.05, 3.63) is 106 Å². The molecule has 1 heterocycles. The zero-order chi connectivity index (χ0) is 44.2. The van der Waals surface area contributed by atoms with Gasteiger partial charge in [0.05, 0.1) is 36.3 Å². The molecule has 1 aliphatic rings. The maximum absolute atomic E-state index is 13.5. The van der Waals surface area contributed by atoms with Crippen molar-refractivity contribution in [3.8, 4) is 11.3 Å². The summed E-state index contributed by atoms with van der Waals surface area (Å²) in [6, 6.07) is 15.3. The molecule has 0 amide bonds. The van der Waals surface area contributed by atoms with E-state index in [0.717, 1.165) is 35.4 Å². The van der Waals surface area contributed by atoms with E-state index < -0.39 is 46.4 Å². The normalized spacial score (nSPS) is 15.0. The van der Waals surface area contributed by atoms with Gasteiger partial charge >= 0.3 is 11.9 Å². The van der Waals surface area contributed by atoms with E-state index in [-0.39, 0.29) is 42.2 Å². The van der Waals surface area contributed by atoms with E-state index in [1.165, 1.54) is 43.5 Å². The molecule has 1 aliphatic carbocycles. The Kier molecular flexibility index (Phi) is 17.5. The van der Waals surface area contributed by atoms with Crippen molar-refractivity contribution in [2.45, 2.75) is 104 Å². The van der Waals surface area contributed by atoms with Crippen molar-refractivity contribution in [1.29, 1.82) is 0 Å². The Morgan fingerprint density at radius 2 is 1.46 bits per heavy atom. The van der Waals surface area contributed by atoms with Crippen molar-refractivity contribution >= 4 is 45.6 Å². The first-order valence-corrected chi connectivity index (χ1v) is 21.1. The summed E-state index contributed by atoms with van der Waals surface area (Å²) in [7, 11) is -2.33. The predicted octanol–water partition coefficient (Wildman–Crippen LogP) is 7.01. The number of Topliss-reactive ketones (excluding diaryl/α,β-unsaturated/α-hetero) is 2. The maximum atomic E-state index is 13.5. The summed E-state index contributed by atoms with van der Waals surface area (Å²) < 4.78 is 38.6. The average Bonchev–Trinajstić information content (AvgIpc) is 3.17. The Hall–Kier alpha value is -5.38. The zero-order valence-electron chi connectivity index (χ0n) is 34.5. The van der Waals surface area contributed by atoms with E-state index in [4.69, 9.17) is 10.2 Å². The molecule has 59 heavy (non-hydrogen) atoms. The van der Waals surface area contributed by atoms with Gasteiger partial charge in [-0.15, -0.1) is 0 Å². The zero-order valence-corrected chi connectivity index (χ0v) is 35.3. The van der Waals surface area contributed by atoms with Gasteiger partial charge in [0.15, 0.2) is 11.6 Å². The number of unbranched alkanes of at least 4 members (excludes halogenated alkanes) is 2. The summed E-state index contributed by atoms with van der Waals surface area (Å²) in [5.74, 6) is -2.89. The average molecular weight is 836 g/mol. The molecule has 3 atom stereocenters. The number of nitrogens with zero attached hydrogens (tertiary/aromatic N) is 3. The quantitative estimate of drug-likeness (QED) is 0.0753. The number of rotatable bonds is 18. The Morgan fingerprint density at radius 3 is 2.02 bits per heavy atom. The number of hydrogen-bond donors (Lipinski definition) is 4. The maximum Gasteiger partial charge on any atom is 0.305 e. The number of carbonyl (C=O) groups is 4. The van der Waals surface area contributed by atoms with Gasteiger partial charge in [0.2, 0.25) is 16.0 Å². The molecule has 0 radical (unpaired) electrons. The standard InChI is InChI=1S/C22H28FN3O6S.C22H26O4/c1-13(2)20-18(10-9-16(27)11-17(28)12-19(29)30)21(14-5-7-15(23)8-6-14)25-22(24-20)26(3)33(4,31)32;1-14-15(2)22(26)20(16(3)21(14)25)18(17-10-6-4-7-11-17)12-8-5-9-13-19(23)24/h5-10,13,16-17,27-28H,11-12H2,1-4H3,(H,29,30);4,6-7,10-11,18H,5,8-9,12-13H2,1-3H3,(H,23,24)/b10-9+;/t16-,17-;/m1./s1. The minimum atomic E-state index is -3.65. The molecule has 0 fully saturated rings. The highest BCUT2D eigenvalue weighted by Crippen LogP contribution is 2.38. The molecule has 0 saturated carbocycles. The van der Waals surface area contributed by atoms with E-state index in [1.54, 1.807) is 20.8 Å². The molecule has 0 aliphatic heterocycles. The minimum absolute atomic E-state index is 0.0426. The lowest BCUT2D eigenvalue weighted by molar-refractivity contribution is -0.139. The van der Waals surface area contributed by atoms with Crippen LogP contribution < -0.4 is 4.31 Å². The number of carboxylic acids is 2. The summed E-state index contributed by atoms with van der Waals surface area (Å²) >= 11 is 0. The van der Waals surface area contributed by atoms with Crippen LogP contribution in [0, 0.1) is 5.82 Å². The number of anilines is 1. The van der Waals surface area contributed by atoms with Gasteiger partial charge in [-0.3, -0.25) is 19.2 Å². The molecule has 13 nitrogen and oxygen atoms in total. The van der Waals surface area contributed by atoms with Crippen LogP contribution in [0.5, 0.6) is 0 Å². The molecular weight excluding hydrogens is 782 g/mol. The van der Waals surface area contributed by atoms with Crippen LogP contribution >= 0.6 is 0 Å². The third-order valence-electron chi connectivity index (χ3n) is 9.98. The number of aliphatic carboxylic acids is 2. The van der Waals surface area contributed by atoms with Crippen LogP contribution in [0.15, 0.2) is 83.0 Å². The van der Waals surface area contributed by atoms with Gasteiger partial charge in [-0.05, 0) is 69.4 Å². The molecule has 2 aromatic carbocycles.